The van der Waals surface area contributed by atoms with Gasteiger partial charge >= 0.3 is 6.09 Å². The van der Waals surface area contributed by atoms with Gasteiger partial charge in [0.05, 0.1) is 11.6 Å². The van der Waals surface area contributed by atoms with Crippen molar-refractivity contribution in [3.8, 4) is 0 Å². The van der Waals surface area contributed by atoms with Gasteiger partial charge in [-0.2, -0.15) is 0 Å². The molecule has 0 radical (unpaired) electrons. The fourth-order valence-electron chi connectivity index (χ4n) is 2.95. The second kappa shape index (κ2) is 3.85. The van der Waals surface area contributed by atoms with Gasteiger partial charge in [0.15, 0.2) is 0 Å². The number of carbonyl (C=O) groups excluding carboxylic acids is 1. The molecule has 0 heterocycles. The number of amides is 1. The number of carbonyl (C=O) groups is 1. The minimum absolute atomic E-state index is 0.0972. The van der Waals surface area contributed by atoms with Crippen molar-refractivity contribution in [2.24, 2.45) is 5.92 Å². The topological polar surface area (TPSA) is 78.8 Å². The molecule has 3 N–H and O–H groups in total. The van der Waals surface area contributed by atoms with Gasteiger partial charge in [-0.3, -0.25) is 0 Å². The molecule has 4 atom stereocenters. The maximum atomic E-state index is 11.7. The van der Waals surface area contributed by atoms with Gasteiger partial charge in [0.2, 0.25) is 0 Å². The minimum atomic E-state index is -0.881. The van der Waals surface area contributed by atoms with Crippen molar-refractivity contribution in [1.82, 2.24) is 5.32 Å². The van der Waals surface area contributed by atoms with Crippen molar-refractivity contribution in [2.75, 3.05) is 0 Å². The zero-order chi connectivity index (χ0) is 12.8. The molecule has 17 heavy (non-hydrogen) atoms. The van der Waals surface area contributed by atoms with Crippen LogP contribution >= 0.6 is 0 Å². The third kappa shape index (κ3) is 2.26. The molecule has 0 aromatic carbocycles. The molecular weight excluding hydrogens is 222 g/mol. The predicted octanol–water partition coefficient (Wildman–Crippen LogP) is 0.785. The molecule has 5 heteroatoms. The van der Waals surface area contributed by atoms with E-state index in [4.69, 9.17) is 4.74 Å². The number of aliphatic hydroxyl groups is 2. The summed E-state index contributed by atoms with van der Waals surface area (Å²) in [5, 5.41) is 22.5. The standard InChI is InChI=1S/C12H21NO4/c1-11(2,3)17-10(16)13-12-5-4-7(6-12)8(14)9(12)15/h7-9,14-15H,4-6H2,1-3H3,(H,13,16)/t7?,8-,9-,12?/m0/s1. The van der Waals surface area contributed by atoms with Crippen LogP contribution in [0.2, 0.25) is 0 Å². The first kappa shape index (κ1) is 12.6. The van der Waals surface area contributed by atoms with Crippen LogP contribution < -0.4 is 5.32 Å². The van der Waals surface area contributed by atoms with Gasteiger partial charge in [0, 0.05) is 0 Å². The van der Waals surface area contributed by atoms with Crippen LogP contribution in [0.3, 0.4) is 0 Å². The Morgan fingerprint density at radius 1 is 1.41 bits per heavy atom. The fourth-order valence-corrected chi connectivity index (χ4v) is 2.95. The lowest BCUT2D eigenvalue weighted by atomic mass is 9.89. The lowest BCUT2D eigenvalue weighted by Gasteiger charge is -2.35. The second-order valence-electron chi connectivity index (χ2n) is 6.22. The summed E-state index contributed by atoms with van der Waals surface area (Å²) in [6, 6.07) is 0. The first-order valence-electron chi connectivity index (χ1n) is 6.11. The highest BCUT2D eigenvalue weighted by Gasteiger charge is 2.58. The number of alkyl carbamates (subject to hydrolysis) is 1. The van der Waals surface area contributed by atoms with E-state index < -0.39 is 29.4 Å². The van der Waals surface area contributed by atoms with Gasteiger partial charge in [-0.15, -0.1) is 0 Å². The van der Waals surface area contributed by atoms with E-state index in [2.05, 4.69) is 5.32 Å². The monoisotopic (exact) mass is 243 g/mol. The average Bonchev–Trinajstić information content (AvgIpc) is 2.64. The highest BCUT2D eigenvalue weighted by atomic mass is 16.6. The van der Waals surface area contributed by atoms with Crippen LogP contribution in [0.5, 0.6) is 0 Å². The minimum Gasteiger partial charge on any atom is -0.444 e. The number of hydrogen-bond donors (Lipinski definition) is 3. The number of ether oxygens (including phenoxy) is 1. The largest absolute Gasteiger partial charge is 0.444 e. The van der Waals surface area contributed by atoms with E-state index in [1.807, 2.05) is 0 Å². The van der Waals surface area contributed by atoms with E-state index in [0.29, 0.717) is 12.8 Å². The lowest BCUT2D eigenvalue weighted by Crippen LogP contribution is -2.57. The highest BCUT2D eigenvalue weighted by Crippen LogP contribution is 2.47. The van der Waals surface area contributed by atoms with Crippen molar-refractivity contribution < 1.29 is 19.7 Å². The van der Waals surface area contributed by atoms with E-state index in [9.17, 15) is 15.0 Å². The number of aliphatic hydroxyl groups excluding tert-OH is 2. The number of rotatable bonds is 1. The second-order valence-corrected chi connectivity index (χ2v) is 6.22. The molecule has 0 aromatic heterocycles. The lowest BCUT2D eigenvalue weighted by molar-refractivity contribution is -0.0367. The molecule has 2 aliphatic carbocycles. The molecule has 5 nitrogen and oxygen atoms in total. The third-order valence-corrected chi connectivity index (χ3v) is 3.71. The van der Waals surface area contributed by atoms with Crippen LogP contribution in [0.1, 0.15) is 40.0 Å². The van der Waals surface area contributed by atoms with E-state index in [0.717, 1.165) is 6.42 Å². The quantitative estimate of drug-likeness (QED) is 0.636. The molecule has 0 aromatic rings. The highest BCUT2D eigenvalue weighted by molar-refractivity contribution is 5.69. The molecule has 0 saturated heterocycles. The third-order valence-electron chi connectivity index (χ3n) is 3.71. The Hall–Kier alpha value is -0.810. The molecule has 2 aliphatic rings. The summed E-state index contributed by atoms with van der Waals surface area (Å²) in [4.78, 5) is 11.7. The molecule has 2 fully saturated rings. The Morgan fingerprint density at radius 3 is 2.53 bits per heavy atom. The van der Waals surface area contributed by atoms with Crippen LogP contribution in [0, 0.1) is 5.92 Å². The van der Waals surface area contributed by atoms with Crippen molar-refractivity contribution in [3.05, 3.63) is 0 Å². The van der Waals surface area contributed by atoms with Gasteiger partial charge in [-0.05, 0) is 46.0 Å². The molecule has 98 valence electrons. The maximum Gasteiger partial charge on any atom is 0.408 e. The summed E-state index contributed by atoms with van der Waals surface area (Å²) < 4.78 is 5.19. The molecule has 2 unspecified atom stereocenters. The molecule has 0 spiro atoms. The predicted molar refractivity (Wildman–Crippen MR) is 61.5 cm³/mol. The summed E-state index contributed by atoms with van der Waals surface area (Å²) in [7, 11) is 0. The van der Waals surface area contributed by atoms with E-state index in [1.54, 1.807) is 20.8 Å². The van der Waals surface area contributed by atoms with Crippen molar-refractivity contribution in [1.29, 1.82) is 0 Å². The van der Waals surface area contributed by atoms with Gasteiger partial charge in [0.25, 0.3) is 0 Å². The fraction of sp³-hybridized carbons (Fsp3) is 0.917. The zero-order valence-electron chi connectivity index (χ0n) is 10.6. The van der Waals surface area contributed by atoms with Gasteiger partial charge in [-0.25, -0.2) is 4.79 Å². The van der Waals surface area contributed by atoms with E-state index >= 15 is 0 Å². The van der Waals surface area contributed by atoms with Crippen LogP contribution in [0.25, 0.3) is 0 Å². The maximum absolute atomic E-state index is 11.7. The summed E-state index contributed by atoms with van der Waals surface area (Å²) in [6.45, 7) is 5.38. The molecule has 2 saturated carbocycles. The van der Waals surface area contributed by atoms with Gasteiger partial charge in [-0.1, -0.05) is 0 Å². The van der Waals surface area contributed by atoms with Crippen molar-refractivity contribution >= 4 is 6.09 Å². The molecule has 0 aliphatic heterocycles. The van der Waals surface area contributed by atoms with Crippen LogP contribution in [0.15, 0.2) is 0 Å². The summed E-state index contributed by atoms with van der Waals surface area (Å²) in [5.41, 5.74) is -1.24. The Kier molecular flexibility index (Phi) is 2.86. The normalized spacial score (nSPS) is 40.4. The summed E-state index contributed by atoms with van der Waals surface area (Å²) in [6.07, 6.45) is 0.0522. The summed E-state index contributed by atoms with van der Waals surface area (Å²) in [5.74, 6) is 0.0972. The van der Waals surface area contributed by atoms with Gasteiger partial charge < -0.3 is 20.3 Å². The smallest absolute Gasteiger partial charge is 0.408 e. The zero-order valence-corrected chi connectivity index (χ0v) is 10.6. The summed E-state index contributed by atoms with van der Waals surface area (Å²) >= 11 is 0. The Labute approximate surface area is 101 Å². The van der Waals surface area contributed by atoms with Crippen molar-refractivity contribution in [3.63, 3.8) is 0 Å². The SMILES string of the molecule is CC(C)(C)OC(=O)NC12CCC(C1)[C@H](O)[C@@H]2O. The molecule has 2 bridgehead atoms. The van der Waals surface area contributed by atoms with Crippen LogP contribution in [0.4, 0.5) is 4.79 Å². The van der Waals surface area contributed by atoms with Crippen molar-refractivity contribution in [2.45, 2.75) is 63.4 Å². The molecule has 2 rings (SSSR count). The molecule has 1 amide bonds. The number of hydrogen-bond acceptors (Lipinski definition) is 4. The van der Waals surface area contributed by atoms with Crippen LogP contribution in [-0.2, 0) is 4.74 Å². The number of fused-ring (bicyclic) bond motifs is 2. The average molecular weight is 243 g/mol. The Morgan fingerprint density at radius 2 is 2.06 bits per heavy atom. The Bertz CT molecular complexity index is 325. The Balaban J connectivity index is 2.01. The molecular formula is C12H21NO4. The first-order chi connectivity index (χ1) is 7.73. The number of nitrogens with one attached hydrogen (secondary N) is 1. The van der Waals surface area contributed by atoms with Gasteiger partial charge in [0.1, 0.15) is 11.7 Å². The van der Waals surface area contributed by atoms with E-state index in [-0.39, 0.29) is 5.92 Å². The van der Waals surface area contributed by atoms with Crippen LogP contribution in [-0.4, -0.2) is 39.7 Å². The van der Waals surface area contributed by atoms with E-state index in [1.165, 1.54) is 0 Å². The first-order valence-corrected chi connectivity index (χ1v) is 6.11.